The highest BCUT2D eigenvalue weighted by molar-refractivity contribution is 7.98. The molecule has 0 spiro atoms. The molecule has 0 aliphatic heterocycles. The molecule has 7 heteroatoms. The van der Waals surface area contributed by atoms with Gasteiger partial charge in [0.25, 0.3) is 5.89 Å². The second-order valence-corrected chi connectivity index (χ2v) is 5.72. The fourth-order valence-corrected chi connectivity index (χ4v) is 2.51. The minimum atomic E-state index is 0.439. The SMILES string of the molecule is Nc1ccc(-c2nc(CSc3ccc(Cl)cc3)no2)cn1. The molecule has 0 amide bonds. The molecule has 0 aliphatic carbocycles. The Morgan fingerprint density at radius 1 is 1.14 bits per heavy atom. The van der Waals surface area contributed by atoms with Gasteiger partial charge in [-0.2, -0.15) is 4.98 Å². The number of halogens is 1. The Morgan fingerprint density at radius 2 is 1.95 bits per heavy atom. The Hall–Kier alpha value is -2.05. The standard InChI is InChI=1S/C14H11ClN4OS/c15-10-2-4-11(5-3-10)21-8-13-18-14(20-19-13)9-1-6-12(16)17-7-9/h1-7H,8H2,(H2,16,17). The Labute approximate surface area is 130 Å². The summed E-state index contributed by atoms with van der Waals surface area (Å²) >= 11 is 7.46. The summed E-state index contributed by atoms with van der Waals surface area (Å²) < 4.78 is 5.22. The Kier molecular flexibility index (Phi) is 4.08. The Balaban J connectivity index is 1.67. The normalized spacial score (nSPS) is 10.7. The molecular formula is C14H11ClN4OS. The van der Waals surface area contributed by atoms with E-state index in [-0.39, 0.29) is 0 Å². The molecule has 2 heterocycles. The molecule has 0 fully saturated rings. The molecule has 21 heavy (non-hydrogen) atoms. The van der Waals surface area contributed by atoms with Gasteiger partial charge in [0.15, 0.2) is 5.82 Å². The van der Waals surface area contributed by atoms with E-state index in [4.69, 9.17) is 21.9 Å². The molecular weight excluding hydrogens is 308 g/mol. The van der Waals surface area contributed by atoms with Gasteiger partial charge in [0.2, 0.25) is 0 Å². The van der Waals surface area contributed by atoms with Crippen molar-refractivity contribution in [3.63, 3.8) is 0 Å². The van der Waals surface area contributed by atoms with Gasteiger partial charge in [-0.05, 0) is 36.4 Å². The zero-order valence-corrected chi connectivity index (χ0v) is 12.4. The van der Waals surface area contributed by atoms with Gasteiger partial charge >= 0.3 is 0 Å². The van der Waals surface area contributed by atoms with Crippen LogP contribution in [0.5, 0.6) is 0 Å². The summed E-state index contributed by atoms with van der Waals surface area (Å²) in [5, 5.41) is 4.68. The van der Waals surface area contributed by atoms with E-state index in [1.54, 1.807) is 30.1 Å². The average Bonchev–Trinajstić information content (AvgIpc) is 2.96. The molecule has 1 aromatic carbocycles. The predicted molar refractivity (Wildman–Crippen MR) is 83.0 cm³/mol. The number of aromatic nitrogens is 3. The molecule has 2 N–H and O–H groups in total. The molecule has 0 bridgehead atoms. The number of nitrogens with zero attached hydrogens (tertiary/aromatic N) is 3. The van der Waals surface area contributed by atoms with Crippen molar-refractivity contribution in [1.82, 2.24) is 15.1 Å². The number of rotatable bonds is 4. The van der Waals surface area contributed by atoms with Crippen LogP contribution in [0.2, 0.25) is 5.02 Å². The van der Waals surface area contributed by atoms with Gasteiger partial charge in [0, 0.05) is 16.1 Å². The largest absolute Gasteiger partial charge is 0.384 e. The van der Waals surface area contributed by atoms with Gasteiger partial charge < -0.3 is 10.3 Å². The lowest BCUT2D eigenvalue weighted by molar-refractivity contribution is 0.425. The fraction of sp³-hybridized carbons (Fsp3) is 0.0714. The van der Waals surface area contributed by atoms with Crippen molar-refractivity contribution in [2.24, 2.45) is 0 Å². The van der Waals surface area contributed by atoms with Gasteiger partial charge in [-0.15, -0.1) is 11.8 Å². The summed E-state index contributed by atoms with van der Waals surface area (Å²) in [7, 11) is 0. The van der Waals surface area contributed by atoms with E-state index >= 15 is 0 Å². The smallest absolute Gasteiger partial charge is 0.259 e. The maximum Gasteiger partial charge on any atom is 0.259 e. The van der Waals surface area contributed by atoms with E-state index in [2.05, 4.69) is 15.1 Å². The monoisotopic (exact) mass is 318 g/mol. The topological polar surface area (TPSA) is 77.8 Å². The molecule has 0 aliphatic rings. The van der Waals surface area contributed by atoms with Crippen molar-refractivity contribution in [1.29, 1.82) is 0 Å². The number of pyridine rings is 1. The lowest BCUT2D eigenvalue weighted by Crippen LogP contribution is -1.89. The molecule has 5 nitrogen and oxygen atoms in total. The van der Waals surface area contributed by atoms with Crippen molar-refractivity contribution < 1.29 is 4.52 Å². The first-order chi connectivity index (χ1) is 10.2. The summed E-state index contributed by atoms with van der Waals surface area (Å²) in [5.74, 6) is 2.14. The highest BCUT2D eigenvalue weighted by Crippen LogP contribution is 2.24. The second-order valence-electron chi connectivity index (χ2n) is 4.23. The minimum absolute atomic E-state index is 0.439. The van der Waals surface area contributed by atoms with Crippen LogP contribution in [-0.4, -0.2) is 15.1 Å². The molecule has 0 saturated carbocycles. The minimum Gasteiger partial charge on any atom is -0.384 e. The summed E-state index contributed by atoms with van der Waals surface area (Å²) in [4.78, 5) is 9.43. The summed E-state index contributed by atoms with van der Waals surface area (Å²) in [6.45, 7) is 0. The number of anilines is 1. The van der Waals surface area contributed by atoms with Crippen molar-refractivity contribution in [3.05, 3.63) is 53.4 Å². The van der Waals surface area contributed by atoms with Crippen LogP contribution in [0.15, 0.2) is 52.0 Å². The number of benzene rings is 1. The first-order valence-corrected chi connectivity index (χ1v) is 7.50. The quantitative estimate of drug-likeness (QED) is 0.740. The summed E-state index contributed by atoms with van der Waals surface area (Å²) in [5.41, 5.74) is 6.29. The zero-order chi connectivity index (χ0) is 14.7. The van der Waals surface area contributed by atoms with Crippen LogP contribution in [0.4, 0.5) is 5.82 Å². The van der Waals surface area contributed by atoms with Gasteiger partial charge in [0.1, 0.15) is 5.82 Å². The highest BCUT2D eigenvalue weighted by atomic mass is 35.5. The van der Waals surface area contributed by atoms with Gasteiger partial charge in [0.05, 0.1) is 11.3 Å². The molecule has 106 valence electrons. The lowest BCUT2D eigenvalue weighted by Gasteiger charge is -1.97. The lowest BCUT2D eigenvalue weighted by atomic mass is 10.3. The fourth-order valence-electron chi connectivity index (χ4n) is 1.64. The van der Waals surface area contributed by atoms with Crippen LogP contribution in [0.25, 0.3) is 11.5 Å². The summed E-state index contributed by atoms with van der Waals surface area (Å²) in [6.07, 6.45) is 1.61. The van der Waals surface area contributed by atoms with Crippen molar-refractivity contribution in [3.8, 4) is 11.5 Å². The van der Waals surface area contributed by atoms with E-state index in [1.165, 1.54) is 0 Å². The highest BCUT2D eigenvalue weighted by Gasteiger charge is 2.09. The third-order valence-electron chi connectivity index (χ3n) is 2.68. The zero-order valence-electron chi connectivity index (χ0n) is 10.9. The second kappa shape index (κ2) is 6.15. The first kappa shape index (κ1) is 13.9. The molecule has 3 rings (SSSR count). The number of hydrogen-bond donors (Lipinski definition) is 1. The third kappa shape index (κ3) is 3.53. The van der Waals surface area contributed by atoms with Crippen LogP contribution in [0, 0.1) is 0 Å². The molecule has 0 saturated heterocycles. The Morgan fingerprint density at radius 3 is 2.67 bits per heavy atom. The van der Waals surface area contributed by atoms with Crippen LogP contribution < -0.4 is 5.73 Å². The predicted octanol–water partition coefficient (Wildman–Crippen LogP) is 3.66. The average molecular weight is 319 g/mol. The molecule has 0 radical (unpaired) electrons. The number of nitrogen functional groups attached to an aromatic ring is 1. The summed E-state index contributed by atoms with van der Waals surface area (Å²) in [6, 6.07) is 11.1. The van der Waals surface area contributed by atoms with Gasteiger partial charge in [-0.25, -0.2) is 4.98 Å². The Bertz CT molecular complexity index is 727. The maximum atomic E-state index is 5.85. The van der Waals surface area contributed by atoms with Crippen LogP contribution in [-0.2, 0) is 5.75 Å². The van der Waals surface area contributed by atoms with Crippen LogP contribution in [0.3, 0.4) is 0 Å². The molecule has 0 atom stereocenters. The maximum absolute atomic E-state index is 5.85. The molecule has 0 unspecified atom stereocenters. The van der Waals surface area contributed by atoms with Crippen LogP contribution in [0.1, 0.15) is 5.82 Å². The number of nitrogens with two attached hydrogens (primary N) is 1. The van der Waals surface area contributed by atoms with Crippen molar-refractivity contribution >= 4 is 29.2 Å². The van der Waals surface area contributed by atoms with Gasteiger partial charge in [-0.1, -0.05) is 16.8 Å². The van der Waals surface area contributed by atoms with E-state index in [0.29, 0.717) is 23.3 Å². The van der Waals surface area contributed by atoms with Crippen molar-refractivity contribution in [2.45, 2.75) is 10.6 Å². The number of hydrogen-bond acceptors (Lipinski definition) is 6. The van der Waals surface area contributed by atoms with E-state index in [0.717, 1.165) is 15.5 Å². The molecule has 2 aromatic heterocycles. The van der Waals surface area contributed by atoms with Crippen LogP contribution >= 0.6 is 23.4 Å². The number of thioether (sulfide) groups is 1. The van der Waals surface area contributed by atoms with E-state index in [1.807, 2.05) is 24.3 Å². The van der Waals surface area contributed by atoms with Crippen molar-refractivity contribution in [2.75, 3.05) is 5.73 Å². The first-order valence-electron chi connectivity index (χ1n) is 6.13. The van der Waals surface area contributed by atoms with Gasteiger partial charge in [-0.3, -0.25) is 0 Å². The third-order valence-corrected chi connectivity index (χ3v) is 3.94. The van der Waals surface area contributed by atoms with E-state index in [9.17, 15) is 0 Å². The molecule has 3 aromatic rings. The van der Waals surface area contributed by atoms with E-state index < -0.39 is 0 Å².